The number of sulfonamides is 1. The third-order valence-corrected chi connectivity index (χ3v) is 9.77. The van der Waals surface area contributed by atoms with E-state index in [1.54, 1.807) is 49.4 Å². The van der Waals surface area contributed by atoms with Crippen LogP contribution in [0, 0.1) is 6.92 Å². The first kappa shape index (κ1) is 33.7. The van der Waals surface area contributed by atoms with Crippen molar-refractivity contribution >= 4 is 66.7 Å². The molecule has 1 N–H and O–H groups in total. The molecule has 0 bridgehead atoms. The summed E-state index contributed by atoms with van der Waals surface area (Å²) in [6, 6.07) is 15.2. The van der Waals surface area contributed by atoms with E-state index in [0.717, 1.165) is 22.7 Å². The van der Waals surface area contributed by atoms with Crippen molar-refractivity contribution in [3.63, 3.8) is 0 Å². The zero-order chi connectivity index (χ0) is 31.0. The van der Waals surface area contributed by atoms with Crippen LogP contribution in [-0.4, -0.2) is 51.4 Å². The van der Waals surface area contributed by atoms with E-state index < -0.39 is 28.5 Å². The maximum atomic E-state index is 14.0. The van der Waals surface area contributed by atoms with Gasteiger partial charge in [-0.05, 0) is 84.2 Å². The molecule has 0 aliphatic heterocycles. The van der Waals surface area contributed by atoms with Crippen LogP contribution in [0.2, 0.25) is 10.0 Å². The molecule has 8 nitrogen and oxygen atoms in total. The van der Waals surface area contributed by atoms with Gasteiger partial charge >= 0.3 is 0 Å². The van der Waals surface area contributed by atoms with E-state index >= 15 is 0 Å². The van der Waals surface area contributed by atoms with Crippen LogP contribution in [0.1, 0.15) is 37.8 Å². The number of hydrogen-bond acceptors (Lipinski definition) is 5. The number of halogens is 3. The highest BCUT2D eigenvalue weighted by Gasteiger charge is 2.33. The highest BCUT2D eigenvalue weighted by molar-refractivity contribution is 9.10. The molecule has 0 aliphatic rings. The van der Waals surface area contributed by atoms with Crippen LogP contribution in [0.4, 0.5) is 5.69 Å². The Morgan fingerprint density at radius 3 is 2.31 bits per heavy atom. The lowest BCUT2D eigenvalue weighted by Gasteiger charge is -2.32. The number of aryl methyl sites for hydroxylation is 1. The molecule has 0 saturated carbocycles. The number of carbonyl (C=O) groups is 2. The molecule has 0 spiro atoms. The second kappa shape index (κ2) is 15.1. The molecule has 1 atom stereocenters. The molecule has 0 fully saturated rings. The first-order chi connectivity index (χ1) is 19.9. The lowest BCUT2D eigenvalue weighted by molar-refractivity contribution is -0.139. The smallest absolute Gasteiger partial charge is 0.264 e. The summed E-state index contributed by atoms with van der Waals surface area (Å²) in [6.07, 6.45) is 1.68. The highest BCUT2D eigenvalue weighted by Crippen LogP contribution is 2.31. The van der Waals surface area contributed by atoms with Crippen molar-refractivity contribution in [3.05, 3.63) is 86.3 Å². The fourth-order valence-corrected chi connectivity index (χ4v) is 6.58. The number of benzene rings is 3. The summed E-state index contributed by atoms with van der Waals surface area (Å²) < 4.78 is 34.8. The van der Waals surface area contributed by atoms with Crippen LogP contribution in [0.25, 0.3) is 0 Å². The minimum absolute atomic E-state index is 0.00789. The van der Waals surface area contributed by atoms with Crippen LogP contribution in [0.15, 0.2) is 70.0 Å². The largest absolute Gasteiger partial charge is 0.496 e. The van der Waals surface area contributed by atoms with Gasteiger partial charge in [0.25, 0.3) is 10.0 Å². The number of nitrogens with zero attached hydrogens (tertiary/aromatic N) is 2. The van der Waals surface area contributed by atoms with Gasteiger partial charge in [0, 0.05) is 13.1 Å². The van der Waals surface area contributed by atoms with Gasteiger partial charge in [0.05, 0.1) is 32.2 Å². The van der Waals surface area contributed by atoms with E-state index in [0.29, 0.717) is 38.1 Å². The number of anilines is 1. The van der Waals surface area contributed by atoms with E-state index in [4.69, 9.17) is 27.9 Å². The molecule has 226 valence electrons. The van der Waals surface area contributed by atoms with E-state index in [9.17, 15) is 18.0 Å². The molecule has 0 radical (unpaired) electrons. The molecule has 2 amide bonds. The minimum Gasteiger partial charge on any atom is -0.496 e. The number of unbranched alkanes of at least 4 members (excludes halogenated alkanes) is 1. The molecular formula is C30H34BrCl2N3O5S. The van der Waals surface area contributed by atoms with Crippen molar-refractivity contribution in [1.82, 2.24) is 10.2 Å². The zero-order valence-electron chi connectivity index (χ0n) is 23.9. The summed E-state index contributed by atoms with van der Waals surface area (Å²) in [4.78, 5) is 28.4. The van der Waals surface area contributed by atoms with Gasteiger partial charge < -0.3 is 15.0 Å². The lowest BCUT2D eigenvalue weighted by Crippen LogP contribution is -2.51. The number of hydrogen-bond donors (Lipinski definition) is 1. The average molecular weight is 699 g/mol. The minimum atomic E-state index is -4.23. The standard InChI is InChI=1S/C30H34BrCl2N3O5S/c1-5-6-15-34-30(38)21(3)35(18-22-9-13-26(32)27(33)16-22)29(37)19-36(23-10-7-20(2)8-11-23)42(39,40)24-12-14-28(41-4)25(31)17-24/h7-14,16-17,21H,5-6,15,18-19H2,1-4H3,(H,34,38)/t21-/m1/s1. The van der Waals surface area contributed by atoms with Crippen LogP contribution in [-0.2, 0) is 26.2 Å². The van der Waals surface area contributed by atoms with Gasteiger partial charge in [0.2, 0.25) is 11.8 Å². The maximum Gasteiger partial charge on any atom is 0.264 e. The molecular weight excluding hydrogens is 665 g/mol. The number of carbonyl (C=O) groups excluding carboxylic acids is 2. The number of amides is 2. The Bertz CT molecular complexity index is 1520. The Labute approximate surface area is 266 Å². The van der Waals surface area contributed by atoms with Gasteiger partial charge in [-0.15, -0.1) is 0 Å². The molecule has 0 saturated heterocycles. The summed E-state index contributed by atoms with van der Waals surface area (Å²) in [5.41, 5.74) is 1.86. The number of ether oxygens (including phenoxy) is 1. The van der Waals surface area contributed by atoms with Gasteiger partial charge in [-0.2, -0.15) is 0 Å². The van der Waals surface area contributed by atoms with Crippen molar-refractivity contribution < 1.29 is 22.7 Å². The van der Waals surface area contributed by atoms with Crippen molar-refractivity contribution in [3.8, 4) is 5.75 Å². The third-order valence-electron chi connectivity index (χ3n) is 6.65. The predicted octanol–water partition coefficient (Wildman–Crippen LogP) is 6.60. The molecule has 0 aromatic heterocycles. The van der Waals surface area contributed by atoms with E-state index in [1.165, 1.54) is 30.2 Å². The van der Waals surface area contributed by atoms with E-state index in [1.807, 2.05) is 13.8 Å². The molecule has 42 heavy (non-hydrogen) atoms. The SMILES string of the molecule is CCCCNC(=O)[C@@H](C)N(Cc1ccc(Cl)c(Cl)c1)C(=O)CN(c1ccc(C)cc1)S(=O)(=O)c1ccc(OC)c(Br)c1. The van der Waals surface area contributed by atoms with Gasteiger partial charge in [0.15, 0.2) is 0 Å². The molecule has 3 aromatic carbocycles. The Kier molecular flexibility index (Phi) is 12.1. The van der Waals surface area contributed by atoms with Crippen LogP contribution in [0.5, 0.6) is 5.75 Å². The van der Waals surface area contributed by atoms with E-state index in [2.05, 4.69) is 21.2 Å². The fraction of sp³-hybridized carbons (Fsp3) is 0.333. The van der Waals surface area contributed by atoms with Crippen LogP contribution < -0.4 is 14.4 Å². The first-order valence-electron chi connectivity index (χ1n) is 13.3. The Morgan fingerprint density at radius 1 is 1.02 bits per heavy atom. The molecule has 0 aliphatic carbocycles. The predicted molar refractivity (Wildman–Crippen MR) is 171 cm³/mol. The van der Waals surface area contributed by atoms with Gasteiger partial charge in [-0.3, -0.25) is 13.9 Å². The fourth-order valence-electron chi connectivity index (χ4n) is 4.13. The average Bonchev–Trinajstić information content (AvgIpc) is 2.96. The molecule has 3 rings (SSSR count). The summed E-state index contributed by atoms with van der Waals surface area (Å²) in [5.74, 6) is -0.459. The van der Waals surface area contributed by atoms with Crippen molar-refractivity contribution in [1.29, 1.82) is 0 Å². The van der Waals surface area contributed by atoms with Crippen molar-refractivity contribution in [2.75, 3.05) is 24.5 Å². The number of rotatable bonds is 13. The van der Waals surface area contributed by atoms with Gasteiger partial charge in [0.1, 0.15) is 18.3 Å². The van der Waals surface area contributed by atoms with Gasteiger partial charge in [-0.1, -0.05) is 60.3 Å². The topological polar surface area (TPSA) is 96.0 Å². The molecule has 12 heteroatoms. The summed E-state index contributed by atoms with van der Waals surface area (Å²) in [7, 11) is -2.75. The summed E-state index contributed by atoms with van der Waals surface area (Å²) in [6.45, 7) is 5.42. The number of methoxy groups -OCH3 is 1. The lowest BCUT2D eigenvalue weighted by atomic mass is 10.1. The summed E-state index contributed by atoms with van der Waals surface area (Å²) in [5, 5.41) is 3.51. The molecule has 3 aromatic rings. The summed E-state index contributed by atoms with van der Waals surface area (Å²) >= 11 is 15.7. The molecule has 0 heterocycles. The maximum absolute atomic E-state index is 14.0. The Hall–Kier alpha value is -2.79. The highest BCUT2D eigenvalue weighted by atomic mass is 79.9. The number of nitrogens with one attached hydrogen (secondary N) is 1. The quantitative estimate of drug-likeness (QED) is 0.203. The van der Waals surface area contributed by atoms with Crippen molar-refractivity contribution in [2.24, 2.45) is 0 Å². The van der Waals surface area contributed by atoms with Gasteiger partial charge in [-0.25, -0.2) is 8.42 Å². The van der Waals surface area contributed by atoms with E-state index in [-0.39, 0.29) is 17.3 Å². The normalized spacial score (nSPS) is 12.0. The molecule has 0 unspecified atom stereocenters. The monoisotopic (exact) mass is 697 g/mol. The van der Waals surface area contributed by atoms with Crippen LogP contribution >= 0.6 is 39.1 Å². The Morgan fingerprint density at radius 2 is 1.71 bits per heavy atom. The Balaban J connectivity index is 2.04. The third kappa shape index (κ3) is 8.40. The zero-order valence-corrected chi connectivity index (χ0v) is 27.8. The second-order valence-corrected chi connectivity index (χ2v) is 13.3. The van der Waals surface area contributed by atoms with Crippen LogP contribution in [0.3, 0.4) is 0 Å². The first-order valence-corrected chi connectivity index (χ1v) is 16.3. The van der Waals surface area contributed by atoms with Crippen molar-refractivity contribution in [2.45, 2.75) is 51.1 Å². The second-order valence-electron chi connectivity index (χ2n) is 9.73.